The summed E-state index contributed by atoms with van der Waals surface area (Å²) in [4.78, 5) is 22.1. The summed E-state index contributed by atoms with van der Waals surface area (Å²) in [7, 11) is -0.895. The van der Waals surface area contributed by atoms with Crippen molar-refractivity contribution in [1.29, 1.82) is 0 Å². The lowest BCUT2D eigenvalue weighted by Gasteiger charge is -2.09. The summed E-state index contributed by atoms with van der Waals surface area (Å²) >= 11 is 5.33. The first-order chi connectivity index (χ1) is 7.47. The highest BCUT2D eigenvalue weighted by atomic mass is 35.5. The average Bonchev–Trinajstić information content (AvgIpc) is 2.17. The molecule has 0 radical (unpaired) electrons. The smallest absolute Gasteiger partial charge is 0.321 e. The molecule has 0 spiro atoms. The van der Waals surface area contributed by atoms with Gasteiger partial charge in [0, 0.05) is 41.2 Å². The van der Waals surface area contributed by atoms with Crippen molar-refractivity contribution < 1.29 is 13.8 Å². The standard InChI is InChI=1S/C9H17ClN2O3S/c1-7(16(2)15)4-6-11-9(14)12-8(13)3-5-10/h7H,3-6H2,1-2H3,(H2,11,12,13,14). The molecule has 0 bridgehead atoms. The van der Waals surface area contributed by atoms with Crippen molar-refractivity contribution in [1.82, 2.24) is 10.6 Å². The lowest BCUT2D eigenvalue weighted by Crippen LogP contribution is -2.40. The number of amides is 3. The van der Waals surface area contributed by atoms with E-state index < -0.39 is 22.7 Å². The maximum Gasteiger partial charge on any atom is 0.321 e. The Balaban J connectivity index is 3.66. The second-order valence-corrected chi connectivity index (χ2v) is 5.52. The summed E-state index contributed by atoms with van der Waals surface area (Å²) in [6.07, 6.45) is 2.35. The van der Waals surface area contributed by atoms with Gasteiger partial charge >= 0.3 is 6.03 Å². The van der Waals surface area contributed by atoms with Gasteiger partial charge in [0.15, 0.2) is 0 Å². The Kier molecular flexibility index (Phi) is 8.19. The van der Waals surface area contributed by atoms with Crippen LogP contribution in [-0.2, 0) is 15.6 Å². The molecule has 0 aliphatic carbocycles. The second-order valence-electron chi connectivity index (χ2n) is 3.34. The summed E-state index contributed by atoms with van der Waals surface area (Å²) in [6, 6.07) is -0.538. The number of hydrogen-bond acceptors (Lipinski definition) is 3. The van der Waals surface area contributed by atoms with E-state index in [4.69, 9.17) is 11.6 Å². The van der Waals surface area contributed by atoms with Crippen LogP contribution in [0.3, 0.4) is 0 Å². The number of halogens is 1. The highest BCUT2D eigenvalue weighted by molar-refractivity contribution is 7.84. The molecule has 0 saturated heterocycles. The van der Waals surface area contributed by atoms with Crippen LogP contribution < -0.4 is 10.6 Å². The van der Waals surface area contributed by atoms with Gasteiger partial charge in [-0.1, -0.05) is 6.92 Å². The Morgan fingerprint density at radius 3 is 2.56 bits per heavy atom. The number of carbonyl (C=O) groups is 2. The van der Waals surface area contributed by atoms with Crippen LogP contribution >= 0.6 is 11.6 Å². The Bertz CT molecular complexity index is 273. The second kappa shape index (κ2) is 8.52. The molecule has 0 rings (SSSR count). The summed E-state index contributed by atoms with van der Waals surface area (Å²) in [6.45, 7) is 2.23. The van der Waals surface area contributed by atoms with Crippen LogP contribution in [0, 0.1) is 0 Å². The monoisotopic (exact) mass is 268 g/mol. The van der Waals surface area contributed by atoms with Gasteiger partial charge in [-0.15, -0.1) is 11.6 Å². The largest absolute Gasteiger partial charge is 0.338 e. The van der Waals surface area contributed by atoms with E-state index in [1.54, 1.807) is 6.26 Å². The van der Waals surface area contributed by atoms with E-state index in [1.165, 1.54) is 0 Å². The minimum atomic E-state index is -0.895. The highest BCUT2D eigenvalue weighted by Crippen LogP contribution is 1.96. The molecule has 0 fully saturated rings. The maximum atomic E-state index is 11.1. The number of carbonyl (C=O) groups excluding carboxylic acids is 2. The van der Waals surface area contributed by atoms with E-state index >= 15 is 0 Å². The van der Waals surface area contributed by atoms with Gasteiger partial charge in [0.1, 0.15) is 0 Å². The zero-order valence-corrected chi connectivity index (χ0v) is 11.0. The number of urea groups is 1. The van der Waals surface area contributed by atoms with E-state index in [0.717, 1.165) is 0 Å². The van der Waals surface area contributed by atoms with Gasteiger partial charge in [0.2, 0.25) is 5.91 Å². The van der Waals surface area contributed by atoms with Crippen molar-refractivity contribution in [3.63, 3.8) is 0 Å². The van der Waals surface area contributed by atoms with Crippen molar-refractivity contribution in [2.75, 3.05) is 18.7 Å². The average molecular weight is 269 g/mol. The normalized spacial score (nSPS) is 13.9. The first-order valence-electron chi connectivity index (χ1n) is 4.93. The van der Waals surface area contributed by atoms with Gasteiger partial charge in [-0.3, -0.25) is 14.3 Å². The van der Waals surface area contributed by atoms with Crippen LogP contribution in [0.4, 0.5) is 4.79 Å². The quantitative estimate of drug-likeness (QED) is 0.693. The van der Waals surface area contributed by atoms with E-state index in [0.29, 0.717) is 13.0 Å². The Morgan fingerprint density at radius 2 is 2.06 bits per heavy atom. The van der Waals surface area contributed by atoms with Crippen LogP contribution in [0.15, 0.2) is 0 Å². The molecule has 94 valence electrons. The Morgan fingerprint density at radius 1 is 1.44 bits per heavy atom. The molecule has 2 unspecified atom stereocenters. The molecule has 0 aromatic heterocycles. The predicted molar refractivity (Wildman–Crippen MR) is 65.0 cm³/mol. The lowest BCUT2D eigenvalue weighted by atomic mass is 10.3. The molecule has 0 aliphatic rings. The number of hydrogen-bond donors (Lipinski definition) is 2. The fourth-order valence-electron chi connectivity index (χ4n) is 0.874. The molecule has 16 heavy (non-hydrogen) atoms. The molecule has 0 aromatic carbocycles. The van der Waals surface area contributed by atoms with Crippen LogP contribution in [0.2, 0.25) is 0 Å². The fraction of sp³-hybridized carbons (Fsp3) is 0.778. The highest BCUT2D eigenvalue weighted by Gasteiger charge is 2.08. The molecular formula is C9H17ClN2O3S. The third-order valence-corrected chi connectivity index (χ3v) is 3.54. The third kappa shape index (κ3) is 7.64. The van der Waals surface area contributed by atoms with E-state index in [2.05, 4.69) is 10.6 Å². The van der Waals surface area contributed by atoms with Gasteiger partial charge < -0.3 is 5.32 Å². The van der Waals surface area contributed by atoms with Crippen LogP contribution in [0.1, 0.15) is 19.8 Å². The molecule has 2 atom stereocenters. The SMILES string of the molecule is CC(CCNC(=O)NC(=O)CCCl)S(C)=O. The predicted octanol–water partition coefficient (Wildman–Crippen LogP) is 0.598. The number of rotatable bonds is 6. The minimum absolute atomic E-state index is 0.0267. The molecule has 0 heterocycles. The van der Waals surface area contributed by atoms with E-state index in [1.807, 2.05) is 6.92 Å². The number of alkyl halides is 1. The topological polar surface area (TPSA) is 75.3 Å². The van der Waals surface area contributed by atoms with Crippen molar-refractivity contribution in [3.05, 3.63) is 0 Å². The maximum absolute atomic E-state index is 11.1. The molecule has 2 N–H and O–H groups in total. The first kappa shape index (κ1) is 15.4. The molecule has 5 nitrogen and oxygen atoms in total. The lowest BCUT2D eigenvalue weighted by molar-refractivity contribution is -0.119. The van der Waals surface area contributed by atoms with Crippen molar-refractivity contribution in [2.45, 2.75) is 25.0 Å². The molecule has 0 saturated carbocycles. The zero-order valence-electron chi connectivity index (χ0n) is 9.42. The van der Waals surface area contributed by atoms with Gasteiger partial charge in [-0.25, -0.2) is 4.79 Å². The van der Waals surface area contributed by atoms with Crippen LogP contribution in [0.25, 0.3) is 0 Å². The molecule has 0 aliphatic heterocycles. The third-order valence-electron chi connectivity index (χ3n) is 1.98. The van der Waals surface area contributed by atoms with Crippen LogP contribution in [-0.4, -0.2) is 40.1 Å². The summed E-state index contributed by atoms with van der Waals surface area (Å²) in [5, 5.41) is 4.67. The van der Waals surface area contributed by atoms with E-state index in [-0.39, 0.29) is 17.6 Å². The van der Waals surface area contributed by atoms with Gasteiger partial charge in [-0.05, 0) is 6.42 Å². The van der Waals surface area contributed by atoms with E-state index in [9.17, 15) is 13.8 Å². The molecule has 0 aromatic rings. The first-order valence-corrected chi connectivity index (χ1v) is 7.08. The van der Waals surface area contributed by atoms with Crippen molar-refractivity contribution in [2.24, 2.45) is 0 Å². The Hall–Kier alpha value is -0.620. The fourth-order valence-corrected chi connectivity index (χ4v) is 1.50. The zero-order chi connectivity index (χ0) is 12.6. The molecular weight excluding hydrogens is 252 g/mol. The minimum Gasteiger partial charge on any atom is -0.338 e. The van der Waals surface area contributed by atoms with Gasteiger partial charge in [0.05, 0.1) is 0 Å². The molecule has 7 heteroatoms. The Labute approximate surface area is 103 Å². The summed E-state index contributed by atoms with van der Waals surface area (Å²) < 4.78 is 11.0. The number of nitrogens with one attached hydrogen (secondary N) is 2. The summed E-state index contributed by atoms with van der Waals surface area (Å²) in [5.41, 5.74) is 0. The van der Waals surface area contributed by atoms with Gasteiger partial charge in [0.25, 0.3) is 0 Å². The van der Waals surface area contributed by atoms with Crippen LogP contribution in [0.5, 0.6) is 0 Å². The van der Waals surface area contributed by atoms with Gasteiger partial charge in [-0.2, -0.15) is 0 Å². The molecule has 3 amide bonds. The van der Waals surface area contributed by atoms with Crippen molar-refractivity contribution in [3.8, 4) is 0 Å². The number of imide groups is 1. The summed E-state index contributed by atoms with van der Waals surface area (Å²) in [5.74, 6) is -0.218. The van der Waals surface area contributed by atoms with Crippen molar-refractivity contribution >= 4 is 34.3 Å².